The van der Waals surface area contributed by atoms with Crippen LogP contribution in [0.15, 0.2) is 0 Å². The number of hydrogen-bond acceptors (Lipinski definition) is 4. The molecular weight excluding hydrogens is 160 g/mol. The highest BCUT2D eigenvalue weighted by Gasteiger charge is 2.09. The zero-order chi connectivity index (χ0) is 6.62. The minimum Gasteiger partial charge on any atom is -0.230 e. The molecule has 0 spiro atoms. The van der Waals surface area contributed by atoms with E-state index in [0.717, 1.165) is 0 Å². The lowest BCUT2D eigenvalue weighted by molar-refractivity contribution is -0.211. The van der Waals surface area contributed by atoms with E-state index in [1.54, 1.807) is 0 Å². The first-order valence-corrected chi connectivity index (χ1v) is 3.26. The van der Waals surface area contributed by atoms with Gasteiger partial charge in [0.1, 0.15) is 6.07 Å². The van der Waals surface area contributed by atoms with Crippen LogP contribution < -0.4 is 0 Å². The van der Waals surface area contributed by atoms with Gasteiger partial charge in [0.15, 0.2) is 0 Å². The van der Waals surface area contributed by atoms with Gasteiger partial charge in [-0.1, -0.05) is 15.9 Å². The van der Waals surface area contributed by atoms with Crippen molar-refractivity contribution in [1.82, 2.24) is 0 Å². The van der Waals surface area contributed by atoms with E-state index in [0.29, 0.717) is 0 Å². The van der Waals surface area contributed by atoms with Crippen molar-refractivity contribution in [3.8, 4) is 0 Å². The molecule has 0 heterocycles. The lowest BCUT2D eigenvalue weighted by atomic mass is 11.7. The Kier molecular flexibility index (Phi) is 3.25. The molecule has 8 heavy (non-hydrogen) atoms. The highest BCUT2D eigenvalue weighted by Crippen LogP contribution is 1.93. The lowest BCUT2D eigenvalue weighted by Gasteiger charge is -1.90. The largest absolute Gasteiger partial charge is 0.430 e. The van der Waals surface area contributed by atoms with Crippen LogP contribution in [0.25, 0.3) is 0 Å². The summed E-state index contributed by atoms with van der Waals surface area (Å²) in [6.07, 6.45) is 0. The van der Waals surface area contributed by atoms with E-state index in [-0.39, 0.29) is 0 Å². The van der Waals surface area contributed by atoms with Crippen molar-refractivity contribution in [3.63, 3.8) is 0 Å². The Bertz CT molecular complexity index is 137. The quantitative estimate of drug-likeness (QED) is 0.327. The van der Waals surface area contributed by atoms with Crippen molar-refractivity contribution in [2.24, 2.45) is 0 Å². The van der Waals surface area contributed by atoms with Crippen molar-refractivity contribution < 1.29 is 22.2 Å². The van der Waals surface area contributed by atoms with Gasteiger partial charge in [0.25, 0.3) is 0 Å². The first-order valence-electron chi connectivity index (χ1n) is 1.39. The van der Waals surface area contributed by atoms with Crippen molar-refractivity contribution in [1.29, 1.82) is 0 Å². The van der Waals surface area contributed by atoms with Gasteiger partial charge in [-0.3, -0.25) is 0 Å². The first kappa shape index (κ1) is 8.12. The minimum absolute atomic E-state index is 0.620. The third-order valence-electron chi connectivity index (χ3n) is 0.272. The summed E-state index contributed by atoms with van der Waals surface area (Å²) in [5, 5.41) is 9.07. The van der Waals surface area contributed by atoms with E-state index in [1.807, 2.05) is 0 Å². The van der Waals surface area contributed by atoms with Gasteiger partial charge < -0.3 is 0 Å². The number of hydrogen-bond donors (Lipinski definition) is 0. The third-order valence-corrected chi connectivity index (χ3v) is 1.08. The summed E-state index contributed by atoms with van der Waals surface area (Å²) in [5.74, 6) is 0. The molecule has 0 atom stereocenters. The molecule has 1 radical (unpaired) electrons. The molecule has 0 N–H and O–H groups in total. The second kappa shape index (κ2) is 3.21. The summed E-state index contributed by atoms with van der Waals surface area (Å²) in [7, 11) is -4.36. The Labute approximate surface area is 51.0 Å². The van der Waals surface area contributed by atoms with Gasteiger partial charge in [0, 0.05) is 0 Å². The summed E-state index contributed by atoms with van der Waals surface area (Å²) in [6, 6.07) is -0.620. The normalized spacial score (nSPS) is 11.8. The predicted octanol–water partition coefficient (Wildman–Crippen LogP) is -0.194. The minimum atomic E-state index is -4.36. The number of rotatable bonds is 3. The van der Waals surface area contributed by atoms with Crippen molar-refractivity contribution in [2.75, 3.05) is 6.07 Å². The smallest absolute Gasteiger partial charge is 0.230 e. The van der Waals surface area contributed by atoms with Crippen LogP contribution in [-0.2, 0) is 24.2 Å². The summed E-state index contributed by atoms with van der Waals surface area (Å²) < 4.78 is 25.7. The monoisotopic (exact) mass is 161 g/mol. The molecule has 0 bridgehead atoms. The molecule has 0 aliphatic heterocycles. The van der Waals surface area contributed by atoms with Gasteiger partial charge in [-0.25, -0.2) is 4.18 Å². The molecule has 0 aromatic heterocycles. The van der Waals surface area contributed by atoms with Crippen LogP contribution in [0.4, 0.5) is 0 Å². The Hall–Kier alpha value is 0.120. The molecule has 0 unspecified atom stereocenters. The Morgan fingerprint density at radius 3 is 2.12 bits per heavy atom. The van der Waals surface area contributed by atoms with E-state index in [9.17, 15) is 8.42 Å². The van der Waals surface area contributed by atoms with Crippen LogP contribution in [-0.4, -0.2) is 14.5 Å². The lowest BCUT2D eigenvalue weighted by Crippen LogP contribution is -2.04. The zero-order valence-corrected chi connectivity index (χ0v) is 5.11. The molecule has 0 aromatic rings. The molecule has 7 heteroatoms. The molecule has 0 aliphatic carbocycles. The number of alkyl halides is 1. The standard InChI is InChI=1S/CH2ClO5S/c2-1-6-8(4,5)7-3/h1H2. The zero-order valence-electron chi connectivity index (χ0n) is 3.53. The summed E-state index contributed by atoms with van der Waals surface area (Å²) in [4.78, 5) is 0. The predicted molar refractivity (Wildman–Crippen MR) is 22.5 cm³/mol. The van der Waals surface area contributed by atoms with Gasteiger partial charge >= 0.3 is 10.4 Å². The Morgan fingerprint density at radius 1 is 1.50 bits per heavy atom. The maximum atomic E-state index is 9.76. The molecule has 0 saturated carbocycles. The molecule has 0 saturated heterocycles. The summed E-state index contributed by atoms with van der Waals surface area (Å²) in [6.45, 7) is 0. The third kappa shape index (κ3) is 3.16. The maximum Gasteiger partial charge on any atom is 0.430 e. The SMILES string of the molecule is [O]OS(=O)(=O)OCCl. The molecule has 0 amide bonds. The van der Waals surface area contributed by atoms with Crippen LogP contribution >= 0.6 is 11.6 Å². The van der Waals surface area contributed by atoms with Crippen LogP contribution in [0, 0.1) is 0 Å². The highest BCUT2D eigenvalue weighted by molar-refractivity contribution is 7.81. The van der Waals surface area contributed by atoms with Crippen molar-refractivity contribution in [2.45, 2.75) is 0 Å². The summed E-state index contributed by atoms with van der Waals surface area (Å²) >= 11 is 4.74. The Balaban J connectivity index is 3.76. The van der Waals surface area contributed by atoms with E-state index in [2.05, 4.69) is 8.52 Å². The van der Waals surface area contributed by atoms with Crippen LogP contribution in [0.2, 0.25) is 0 Å². The highest BCUT2D eigenvalue weighted by atomic mass is 35.5. The van der Waals surface area contributed by atoms with E-state index < -0.39 is 16.5 Å². The average molecular weight is 162 g/mol. The van der Waals surface area contributed by atoms with Crippen LogP contribution in [0.3, 0.4) is 0 Å². The fraction of sp³-hybridized carbons (Fsp3) is 1.00. The molecule has 5 nitrogen and oxygen atoms in total. The molecule has 0 fully saturated rings. The molecule has 0 rings (SSSR count). The molecule has 49 valence electrons. The van der Waals surface area contributed by atoms with Gasteiger partial charge in [-0.05, 0) is 5.26 Å². The van der Waals surface area contributed by atoms with Gasteiger partial charge in [-0.2, -0.15) is 8.42 Å². The maximum absolute atomic E-state index is 9.76. The molecular formula is CH2ClO5S. The second-order valence-corrected chi connectivity index (χ2v) is 2.11. The van der Waals surface area contributed by atoms with Crippen LogP contribution in [0.1, 0.15) is 0 Å². The number of halogens is 1. The average Bonchev–Trinajstić information content (AvgIpc) is 1.67. The first-order chi connectivity index (χ1) is 3.62. The second-order valence-electron chi connectivity index (χ2n) is 0.703. The molecule has 0 aromatic carbocycles. The van der Waals surface area contributed by atoms with Gasteiger partial charge in [0.05, 0.1) is 0 Å². The Morgan fingerprint density at radius 2 is 2.00 bits per heavy atom. The fourth-order valence-electron chi connectivity index (χ4n) is 0.0742. The van der Waals surface area contributed by atoms with Gasteiger partial charge in [0.2, 0.25) is 0 Å². The van der Waals surface area contributed by atoms with E-state index >= 15 is 0 Å². The van der Waals surface area contributed by atoms with Crippen LogP contribution in [0.5, 0.6) is 0 Å². The van der Waals surface area contributed by atoms with Crippen molar-refractivity contribution >= 4 is 22.0 Å². The van der Waals surface area contributed by atoms with E-state index in [1.165, 1.54) is 0 Å². The molecule has 0 aliphatic rings. The van der Waals surface area contributed by atoms with Gasteiger partial charge in [-0.15, -0.1) is 0 Å². The summed E-state index contributed by atoms with van der Waals surface area (Å²) in [5.41, 5.74) is 0. The fourth-order valence-corrected chi connectivity index (χ4v) is 0.550. The topological polar surface area (TPSA) is 72.5 Å². The van der Waals surface area contributed by atoms with Crippen molar-refractivity contribution in [3.05, 3.63) is 0 Å². The van der Waals surface area contributed by atoms with E-state index in [4.69, 9.17) is 16.9 Å².